The Morgan fingerprint density at radius 1 is 1.47 bits per heavy atom. The van der Waals surface area contributed by atoms with E-state index in [0.29, 0.717) is 11.5 Å². The average molecular weight is 282 g/mol. The fourth-order valence-corrected chi connectivity index (χ4v) is 2.73. The quantitative estimate of drug-likeness (QED) is 0.842. The van der Waals surface area contributed by atoms with Crippen LogP contribution >= 0.6 is 11.8 Å². The molecule has 0 bridgehead atoms. The molecule has 0 unspecified atom stereocenters. The molecule has 0 aliphatic carbocycles. The number of hydrogen-bond acceptors (Lipinski definition) is 5. The van der Waals surface area contributed by atoms with Gasteiger partial charge in [0.25, 0.3) is 0 Å². The van der Waals surface area contributed by atoms with Crippen LogP contribution in [0.4, 0.5) is 4.39 Å². The number of benzene rings is 1. The Morgan fingerprint density at radius 3 is 2.89 bits per heavy atom. The molecule has 1 aromatic carbocycles. The summed E-state index contributed by atoms with van der Waals surface area (Å²) in [6, 6.07) is 4.52. The molecule has 0 N–H and O–H groups in total. The van der Waals surface area contributed by atoms with Crippen molar-refractivity contribution in [2.45, 2.75) is 17.9 Å². The van der Waals surface area contributed by atoms with Crippen molar-refractivity contribution in [1.82, 2.24) is 20.2 Å². The predicted octanol–water partition coefficient (Wildman–Crippen LogP) is 2.35. The summed E-state index contributed by atoms with van der Waals surface area (Å²) in [5.41, 5.74) is 0.828. The van der Waals surface area contributed by atoms with E-state index in [4.69, 9.17) is 4.74 Å². The first-order valence-corrected chi connectivity index (χ1v) is 6.83. The molecule has 5 nitrogen and oxygen atoms in total. The van der Waals surface area contributed by atoms with E-state index < -0.39 is 0 Å². The number of methoxy groups -OCH3 is 1. The van der Waals surface area contributed by atoms with E-state index in [-0.39, 0.29) is 11.1 Å². The first-order chi connectivity index (χ1) is 9.11. The maximum absolute atomic E-state index is 13.2. The summed E-state index contributed by atoms with van der Waals surface area (Å²) in [6.45, 7) is 2.02. The van der Waals surface area contributed by atoms with Crippen molar-refractivity contribution >= 4 is 11.8 Å². The summed E-state index contributed by atoms with van der Waals surface area (Å²) in [7, 11) is 3.38. The Hall–Kier alpha value is -1.63. The van der Waals surface area contributed by atoms with Gasteiger partial charge in [0.1, 0.15) is 11.6 Å². The van der Waals surface area contributed by atoms with Crippen LogP contribution in [0.5, 0.6) is 5.75 Å². The fraction of sp³-hybridized carbons (Fsp3) is 0.417. The molecule has 2 rings (SSSR count). The van der Waals surface area contributed by atoms with Gasteiger partial charge in [-0.25, -0.2) is 9.07 Å². The highest BCUT2D eigenvalue weighted by Crippen LogP contribution is 2.32. The summed E-state index contributed by atoms with van der Waals surface area (Å²) in [5.74, 6) is 1.86. The van der Waals surface area contributed by atoms with Gasteiger partial charge >= 0.3 is 0 Å². The molecule has 0 saturated heterocycles. The van der Waals surface area contributed by atoms with Gasteiger partial charge in [0.05, 0.1) is 12.4 Å². The molecule has 0 aliphatic heterocycles. The molecular weight excluding hydrogens is 267 g/mol. The molecule has 0 saturated carbocycles. The van der Waals surface area contributed by atoms with Crippen molar-refractivity contribution in [2.75, 3.05) is 7.11 Å². The van der Waals surface area contributed by atoms with Gasteiger partial charge in [-0.2, -0.15) is 0 Å². The molecule has 7 heteroatoms. The Bertz CT molecular complexity index is 560. The van der Waals surface area contributed by atoms with Crippen molar-refractivity contribution in [3.8, 4) is 5.75 Å². The largest absolute Gasteiger partial charge is 0.496 e. The third-order valence-corrected chi connectivity index (χ3v) is 3.94. The second-order valence-corrected chi connectivity index (χ2v) is 5.40. The van der Waals surface area contributed by atoms with Gasteiger partial charge in [0, 0.05) is 18.4 Å². The van der Waals surface area contributed by atoms with Crippen molar-refractivity contribution in [3.05, 3.63) is 35.4 Å². The zero-order valence-corrected chi connectivity index (χ0v) is 11.8. The van der Waals surface area contributed by atoms with E-state index in [1.165, 1.54) is 12.1 Å². The fourth-order valence-electron chi connectivity index (χ4n) is 1.73. The van der Waals surface area contributed by atoms with Crippen LogP contribution in [0, 0.1) is 5.82 Å². The zero-order chi connectivity index (χ0) is 13.8. The number of nitrogens with zero attached hydrogens (tertiary/aromatic N) is 4. The summed E-state index contributed by atoms with van der Waals surface area (Å²) in [4.78, 5) is 0. The minimum absolute atomic E-state index is 0.118. The van der Waals surface area contributed by atoms with Gasteiger partial charge in [0.2, 0.25) is 0 Å². The summed E-state index contributed by atoms with van der Waals surface area (Å²) in [6.07, 6.45) is 0. The number of aryl methyl sites for hydroxylation is 1. The third-order valence-electron chi connectivity index (χ3n) is 2.75. The minimum atomic E-state index is -0.260. The number of rotatable bonds is 5. The van der Waals surface area contributed by atoms with Crippen LogP contribution in [0.3, 0.4) is 0 Å². The second kappa shape index (κ2) is 6.01. The summed E-state index contributed by atoms with van der Waals surface area (Å²) in [5, 5.41) is 11.5. The molecule has 102 valence electrons. The van der Waals surface area contributed by atoms with Crippen molar-refractivity contribution < 1.29 is 9.13 Å². The van der Waals surface area contributed by atoms with Crippen LogP contribution in [0.25, 0.3) is 0 Å². The number of thioether (sulfide) groups is 1. The van der Waals surface area contributed by atoms with Crippen molar-refractivity contribution in [1.29, 1.82) is 0 Å². The Kier molecular flexibility index (Phi) is 4.36. The summed E-state index contributed by atoms with van der Waals surface area (Å²) >= 11 is 1.63. The maximum Gasteiger partial charge on any atom is 0.163 e. The van der Waals surface area contributed by atoms with Crippen LogP contribution in [-0.2, 0) is 12.8 Å². The van der Waals surface area contributed by atoms with Gasteiger partial charge in [-0.3, -0.25) is 0 Å². The number of tetrazole rings is 1. The number of halogens is 1. The molecule has 1 atom stereocenters. The van der Waals surface area contributed by atoms with Crippen LogP contribution in [0.1, 0.15) is 23.6 Å². The molecule has 1 heterocycles. The first-order valence-electron chi connectivity index (χ1n) is 5.78. The Labute approximate surface area is 115 Å². The van der Waals surface area contributed by atoms with Gasteiger partial charge in [-0.1, -0.05) is 0 Å². The number of aromatic nitrogens is 4. The van der Waals surface area contributed by atoms with Gasteiger partial charge in [-0.05, 0) is 35.5 Å². The molecule has 2 aromatic rings. The normalized spacial score (nSPS) is 12.4. The molecule has 0 spiro atoms. The molecule has 0 fully saturated rings. The number of hydrogen-bond donors (Lipinski definition) is 0. The predicted molar refractivity (Wildman–Crippen MR) is 71.5 cm³/mol. The van der Waals surface area contributed by atoms with E-state index >= 15 is 0 Å². The molecule has 19 heavy (non-hydrogen) atoms. The molecule has 0 aliphatic rings. The number of ether oxygens (including phenoxy) is 1. The lowest BCUT2D eigenvalue weighted by atomic mass is 10.2. The van der Waals surface area contributed by atoms with Crippen LogP contribution in [0.15, 0.2) is 18.2 Å². The Morgan fingerprint density at radius 2 is 2.26 bits per heavy atom. The standard InChI is InChI=1S/C12H15FN4OS/c1-8(12-14-15-16-17(12)2)19-7-9-6-10(13)4-5-11(9)18-3/h4-6,8H,7H2,1-3H3/t8-/m0/s1. The maximum atomic E-state index is 13.2. The highest BCUT2D eigenvalue weighted by molar-refractivity contribution is 7.98. The topological polar surface area (TPSA) is 52.8 Å². The van der Waals surface area contributed by atoms with Crippen LogP contribution in [0.2, 0.25) is 0 Å². The molecular formula is C12H15FN4OS. The van der Waals surface area contributed by atoms with Crippen molar-refractivity contribution in [3.63, 3.8) is 0 Å². The molecule has 1 aromatic heterocycles. The Balaban J connectivity index is 2.06. The smallest absolute Gasteiger partial charge is 0.163 e. The highest BCUT2D eigenvalue weighted by atomic mass is 32.2. The lowest BCUT2D eigenvalue weighted by molar-refractivity contribution is 0.410. The lowest BCUT2D eigenvalue weighted by Crippen LogP contribution is -2.02. The molecule has 0 amide bonds. The minimum Gasteiger partial charge on any atom is -0.496 e. The third kappa shape index (κ3) is 3.23. The molecule has 0 radical (unpaired) electrons. The highest BCUT2D eigenvalue weighted by Gasteiger charge is 2.14. The van der Waals surface area contributed by atoms with Crippen LogP contribution < -0.4 is 4.74 Å². The average Bonchev–Trinajstić information content (AvgIpc) is 2.82. The van der Waals surface area contributed by atoms with Gasteiger partial charge < -0.3 is 4.74 Å². The van der Waals surface area contributed by atoms with E-state index in [9.17, 15) is 4.39 Å². The lowest BCUT2D eigenvalue weighted by Gasteiger charge is -2.12. The SMILES string of the molecule is COc1ccc(F)cc1CS[C@@H](C)c1nnnn1C. The van der Waals surface area contributed by atoms with E-state index in [1.807, 2.05) is 6.92 Å². The van der Waals surface area contributed by atoms with E-state index in [2.05, 4.69) is 15.5 Å². The summed E-state index contributed by atoms with van der Waals surface area (Å²) < 4.78 is 20.1. The van der Waals surface area contributed by atoms with Crippen LogP contribution in [-0.4, -0.2) is 27.3 Å². The zero-order valence-electron chi connectivity index (χ0n) is 11.0. The first kappa shape index (κ1) is 13.8. The van der Waals surface area contributed by atoms with Gasteiger partial charge in [0.15, 0.2) is 5.82 Å². The van der Waals surface area contributed by atoms with Gasteiger partial charge in [-0.15, -0.1) is 16.9 Å². The monoisotopic (exact) mass is 282 g/mol. The van der Waals surface area contributed by atoms with E-state index in [1.54, 1.807) is 36.7 Å². The second-order valence-electron chi connectivity index (χ2n) is 4.07. The van der Waals surface area contributed by atoms with E-state index in [0.717, 1.165) is 11.4 Å². The van der Waals surface area contributed by atoms with Crippen molar-refractivity contribution in [2.24, 2.45) is 7.05 Å².